The second-order valence-corrected chi connectivity index (χ2v) is 10.3. The third-order valence-corrected chi connectivity index (χ3v) is 7.30. The van der Waals surface area contributed by atoms with Gasteiger partial charge in [-0.05, 0) is 62.2 Å². The minimum Gasteiger partial charge on any atom is -0.346 e. The van der Waals surface area contributed by atoms with Crippen molar-refractivity contribution < 1.29 is 4.79 Å². The van der Waals surface area contributed by atoms with E-state index >= 15 is 0 Å². The molecule has 2 heterocycles. The van der Waals surface area contributed by atoms with Crippen LogP contribution in [0.5, 0.6) is 0 Å². The van der Waals surface area contributed by atoms with Crippen molar-refractivity contribution in [1.82, 2.24) is 20.1 Å². The molecule has 2 aromatic rings. The Kier molecular flexibility index (Phi) is 3.17. The number of hydrogen-bond donors (Lipinski definition) is 2. The fourth-order valence-electron chi connectivity index (χ4n) is 7.50. The second-order valence-electron chi connectivity index (χ2n) is 10.3. The summed E-state index contributed by atoms with van der Waals surface area (Å²) < 4.78 is 1.65. The van der Waals surface area contributed by atoms with Crippen LogP contribution in [-0.2, 0) is 7.05 Å². The van der Waals surface area contributed by atoms with Crippen LogP contribution < -0.4 is 10.7 Å². The normalized spacial score (nSPS) is 37.1. The van der Waals surface area contributed by atoms with Crippen LogP contribution in [0.1, 0.15) is 68.4 Å². The zero-order valence-corrected chi connectivity index (χ0v) is 16.6. The molecule has 2 N–H and O–H groups in total. The van der Waals surface area contributed by atoms with Crippen molar-refractivity contribution in [3.63, 3.8) is 0 Å². The maximum atomic E-state index is 13.2. The van der Waals surface area contributed by atoms with Crippen LogP contribution in [0.25, 0.3) is 11.0 Å². The molecule has 27 heavy (non-hydrogen) atoms. The predicted molar refractivity (Wildman–Crippen MR) is 104 cm³/mol. The Hall–Kier alpha value is -2.11. The highest BCUT2D eigenvalue weighted by molar-refractivity contribution is 5.97. The Labute approximate surface area is 158 Å². The van der Waals surface area contributed by atoms with Gasteiger partial charge in [0.2, 0.25) is 5.43 Å². The first-order valence-corrected chi connectivity index (χ1v) is 9.99. The van der Waals surface area contributed by atoms with Crippen LogP contribution in [0, 0.1) is 23.7 Å². The lowest BCUT2D eigenvalue weighted by molar-refractivity contribution is -0.114. The Balaban J connectivity index is 1.51. The van der Waals surface area contributed by atoms with Gasteiger partial charge in [-0.15, -0.1) is 0 Å². The molecule has 0 aromatic carbocycles. The number of aromatic nitrogens is 3. The lowest BCUT2D eigenvalue weighted by Crippen LogP contribution is -2.65. The van der Waals surface area contributed by atoms with E-state index in [0.717, 1.165) is 19.3 Å². The van der Waals surface area contributed by atoms with Crippen molar-refractivity contribution in [2.24, 2.45) is 23.8 Å². The monoisotopic (exact) mass is 368 g/mol. The van der Waals surface area contributed by atoms with Gasteiger partial charge in [0, 0.05) is 18.8 Å². The van der Waals surface area contributed by atoms with Crippen molar-refractivity contribution in [2.75, 3.05) is 0 Å². The molecule has 0 spiro atoms. The third kappa shape index (κ3) is 2.41. The van der Waals surface area contributed by atoms with Crippen LogP contribution in [0.2, 0.25) is 0 Å². The van der Waals surface area contributed by atoms with E-state index in [1.807, 2.05) is 0 Å². The first-order chi connectivity index (χ1) is 12.6. The van der Waals surface area contributed by atoms with Gasteiger partial charge in [-0.2, -0.15) is 5.10 Å². The smallest absolute Gasteiger partial charge is 0.257 e. The van der Waals surface area contributed by atoms with Gasteiger partial charge in [-0.3, -0.25) is 14.3 Å². The third-order valence-electron chi connectivity index (χ3n) is 7.30. The van der Waals surface area contributed by atoms with Gasteiger partial charge in [0.05, 0.1) is 11.1 Å². The summed E-state index contributed by atoms with van der Waals surface area (Å²) in [5.41, 5.74) is 1.75. The average Bonchev–Trinajstić information content (AvgIpc) is 2.78. The van der Waals surface area contributed by atoms with Crippen LogP contribution in [0.15, 0.2) is 11.0 Å². The molecule has 6 heteroatoms. The fourth-order valence-corrected chi connectivity index (χ4v) is 7.50. The number of fused-ring (bicyclic) bond motifs is 1. The zero-order valence-electron chi connectivity index (χ0n) is 16.6. The Bertz CT molecular complexity index is 1010. The van der Waals surface area contributed by atoms with Gasteiger partial charge in [0.15, 0.2) is 0 Å². The Morgan fingerprint density at radius 3 is 2.52 bits per heavy atom. The summed E-state index contributed by atoms with van der Waals surface area (Å²) in [7, 11) is 1.79. The number of amides is 1. The number of carbonyl (C=O) groups is 1. The van der Waals surface area contributed by atoms with E-state index in [1.165, 1.54) is 19.3 Å². The molecule has 0 saturated heterocycles. The summed E-state index contributed by atoms with van der Waals surface area (Å²) >= 11 is 0. The minimum absolute atomic E-state index is 0.161. The zero-order chi connectivity index (χ0) is 19.2. The molecule has 4 saturated carbocycles. The SMILES string of the molecule is Cc1nn(C)c2[nH]cc(C(=O)NC34CC5C[C@@](C)(C3)C[C@](C)(C5)C4)c(=O)c12. The summed E-state index contributed by atoms with van der Waals surface area (Å²) in [6, 6.07) is 0. The first-order valence-electron chi connectivity index (χ1n) is 9.99. The summed E-state index contributed by atoms with van der Waals surface area (Å²) in [6.07, 6.45) is 8.48. The highest BCUT2D eigenvalue weighted by Gasteiger charge is 2.60. The Morgan fingerprint density at radius 1 is 1.22 bits per heavy atom. The van der Waals surface area contributed by atoms with E-state index in [1.54, 1.807) is 24.9 Å². The molecule has 0 aliphatic heterocycles. The number of carbonyl (C=O) groups excluding carboxylic acids is 1. The molecule has 144 valence electrons. The molecule has 6 nitrogen and oxygen atoms in total. The number of aromatic amines is 1. The van der Waals surface area contributed by atoms with Crippen molar-refractivity contribution in [2.45, 2.75) is 64.8 Å². The number of pyridine rings is 1. The summed E-state index contributed by atoms with van der Waals surface area (Å²) in [5, 5.41) is 8.15. The number of nitrogens with zero attached hydrogens (tertiary/aromatic N) is 2. The van der Waals surface area contributed by atoms with E-state index in [-0.39, 0.29) is 22.4 Å². The first kappa shape index (κ1) is 17.0. The molecule has 4 aliphatic carbocycles. The Morgan fingerprint density at radius 2 is 1.89 bits per heavy atom. The molecule has 0 radical (unpaired) electrons. The molecule has 2 unspecified atom stereocenters. The number of aryl methyl sites for hydroxylation is 2. The topological polar surface area (TPSA) is 79.8 Å². The number of rotatable bonds is 2. The molecule has 1 amide bonds. The van der Waals surface area contributed by atoms with Crippen molar-refractivity contribution >= 4 is 16.9 Å². The van der Waals surface area contributed by atoms with Gasteiger partial charge in [-0.1, -0.05) is 13.8 Å². The minimum atomic E-state index is -0.240. The molecule has 4 atom stereocenters. The van der Waals surface area contributed by atoms with E-state index in [2.05, 4.69) is 29.2 Å². The van der Waals surface area contributed by atoms with Crippen molar-refractivity contribution in [1.29, 1.82) is 0 Å². The van der Waals surface area contributed by atoms with Gasteiger partial charge in [0.1, 0.15) is 11.2 Å². The van der Waals surface area contributed by atoms with Gasteiger partial charge in [-0.25, -0.2) is 0 Å². The molecule has 2 aromatic heterocycles. The van der Waals surface area contributed by atoms with Crippen LogP contribution in [0.4, 0.5) is 0 Å². The van der Waals surface area contributed by atoms with Crippen LogP contribution >= 0.6 is 0 Å². The van der Waals surface area contributed by atoms with Crippen molar-refractivity contribution in [3.8, 4) is 0 Å². The van der Waals surface area contributed by atoms with E-state index in [9.17, 15) is 9.59 Å². The van der Waals surface area contributed by atoms with Crippen LogP contribution in [0.3, 0.4) is 0 Å². The molecule has 6 rings (SSSR count). The van der Waals surface area contributed by atoms with E-state index < -0.39 is 0 Å². The summed E-state index contributed by atoms with van der Waals surface area (Å²) in [5.74, 6) is 0.452. The molecule has 4 bridgehead atoms. The average molecular weight is 368 g/mol. The van der Waals surface area contributed by atoms with Gasteiger partial charge >= 0.3 is 0 Å². The largest absolute Gasteiger partial charge is 0.346 e. The highest BCUT2D eigenvalue weighted by Crippen LogP contribution is 2.66. The maximum Gasteiger partial charge on any atom is 0.257 e. The van der Waals surface area contributed by atoms with E-state index in [0.29, 0.717) is 33.5 Å². The number of hydrogen-bond acceptors (Lipinski definition) is 3. The quantitative estimate of drug-likeness (QED) is 0.855. The summed E-state index contributed by atoms with van der Waals surface area (Å²) in [6.45, 7) is 6.57. The van der Waals surface area contributed by atoms with Gasteiger partial charge in [0.25, 0.3) is 5.91 Å². The number of H-pyrrole nitrogens is 1. The second kappa shape index (κ2) is 5.03. The van der Waals surface area contributed by atoms with Gasteiger partial charge < -0.3 is 10.3 Å². The summed E-state index contributed by atoms with van der Waals surface area (Å²) in [4.78, 5) is 29.2. The number of nitrogens with one attached hydrogen (secondary N) is 2. The molecule has 4 aliphatic rings. The lowest BCUT2D eigenvalue weighted by atomic mass is 9.43. The van der Waals surface area contributed by atoms with E-state index in [4.69, 9.17) is 0 Å². The lowest BCUT2D eigenvalue weighted by Gasteiger charge is -2.65. The molecule has 4 fully saturated rings. The molecular formula is C21H28N4O2. The molecular weight excluding hydrogens is 340 g/mol. The van der Waals surface area contributed by atoms with Crippen LogP contribution in [-0.4, -0.2) is 26.2 Å². The van der Waals surface area contributed by atoms with Crippen molar-refractivity contribution in [3.05, 3.63) is 27.7 Å². The predicted octanol–water partition coefficient (Wildman–Crippen LogP) is 3.05. The maximum absolute atomic E-state index is 13.2. The highest BCUT2D eigenvalue weighted by atomic mass is 16.2. The fraction of sp³-hybridized carbons (Fsp3) is 0.667. The standard InChI is InChI=1S/C21H28N4O2/c1-12-15-16(26)14(8-22-17(15)25(4)24-12)18(27)23-21-7-13-5-19(2,10-21)9-20(3,6-13)11-21/h8,13H,5-7,9-11H2,1-4H3,(H,22,26)(H,23,27)/t13?,19-,20+,21?.